The highest BCUT2D eigenvalue weighted by Gasteiger charge is 2.29. The van der Waals surface area contributed by atoms with Gasteiger partial charge >= 0.3 is 0 Å². The Hall–Kier alpha value is -1.22. The van der Waals surface area contributed by atoms with E-state index in [1.165, 1.54) is 19.3 Å². The third kappa shape index (κ3) is 2.20. The fraction of sp³-hybridized carbons (Fsp3) is 0.533. The van der Waals surface area contributed by atoms with Crippen molar-refractivity contribution in [2.24, 2.45) is 11.8 Å². The molecule has 1 fully saturated rings. The molecular formula is C15H20ClN3. The molecule has 1 aromatic carbocycles. The van der Waals surface area contributed by atoms with Crippen molar-refractivity contribution in [2.75, 3.05) is 5.73 Å². The molecule has 102 valence electrons. The molecule has 4 heteroatoms. The number of imidazole rings is 1. The van der Waals surface area contributed by atoms with Crippen LogP contribution in [0.25, 0.3) is 11.0 Å². The smallest absolute Gasteiger partial charge is 0.201 e. The number of nitrogen functional groups attached to an aromatic ring is 1. The number of aromatic nitrogens is 2. The van der Waals surface area contributed by atoms with Gasteiger partial charge in [-0.25, -0.2) is 4.98 Å². The van der Waals surface area contributed by atoms with Crippen LogP contribution in [0.5, 0.6) is 0 Å². The molecule has 1 heterocycles. The van der Waals surface area contributed by atoms with Gasteiger partial charge in [0.2, 0.25) is 5.95 Å². The average Bonchev–Trinajstić information content (AvgIpc) is 2.65. The molecule has 2 N–H and O–H groups in total. The number of nitrogens with two attached hydrogens (primary N) is 1. The first-order valence-corrected chi connectivity index (χ1v) is 7.37. The zero-order valence-corrected chi connectivity index (χ0v) is 12.2. The molecule has 3 rings (SSSR count). The van der Waals surface area contributed by atoms with Crippen molar-refractivity contribution < 1.29 is 0 Å². The van der Waals surface area contributed by atoms with Gasteiger partial charge in [-0.1, -0.05) is 25.4 Å². The van der Waals surface area contributed by atoms with Gasteiger partial charge in [0.15, 0.2) is 0 Å². The van der Waals surface area contributed by atoms with Crippen LogP contribution in [-0.2, 0) is 0 Å². The summed E-state index contributed by atoms with van der Waals surface area (Å²) in [7, 11) is 0. The quantitative estimate of drug-likeness (QED) is 0.846. The summed E-state index contributed by atoms with van der Waals surface area (Å²) in [5.74, 6) is 2.05. The summed E-state index contributed by atoms with van der Waals surface area (Å²) in [4.78, 5) is 4.46. The number of benzene rings is 1. The van der Waals surface area contributed by atoms with Crippen LogP contribution in [0.4, 0.5) is 5.95 Å². The highest BCUT2D eigenvalue weighted by molar-refractivity contribution is 6.31. The Morgan fingerprint density at radius 1 is 1.32 bits per heavy atom. The third-order valence-corrected chi connectivity index (χ3v) is 4.63. The number of hydrogen-bond acceptors (Lipinski definition) is 2. The Morgan fingerprint density at radius 3 is 2.84 bits per heavy atom. The topological polar surface area (TPSA) is 43.8 Å². The first kappa shape index (κ1) is 12.8. The lowest BCUT2D eigenvalue weighted by Gasteiger charge is -2.34. The van der Waals surface area contributed by atoms with Crippen LogP contribution in [0.1, 0.15) is 39.2 Å². The van der Waals surface area contributed by atoms with E-state index in [9.17, 15) is 0 Å². The van der Waals surface area contributed by atoms with Crippen LogP contribution in [0, 0.1) is 11.8 Å². The lowest BCUT2D eigenvalue weighted by Crippen LogP contribution is -2.25. The van der Waals surface area contributed by atoms with Crippen molar-refractivity contribution in [2.45, 2.75) is 39.2 Å². The van der Waals surface area contributed by atoms with E-state index in [1.54, 1.807) is 0 Å². The molecule has 0 bridgehead atoms. The Labute approximate surface area is 118 Å². The number of hydrogen-bond donors (Lipinski definition) is 1. The molecule has 3 atom stereocenters. The normalized spacial score (nSPS) is 27.8. The molecular weight excluding hydrogens is 258 g/mol. The zero-order valence-electron chi connectivity index (χ0n) is 11.4. The summed E-state index contributed by atoms with van der Waals surface area (Å²) >= 11 is 6.12. The third-order valence-electron chi connectivity index (χ3n) is 4.40. The molecule has 0 radical (unpaired) electrons. The van der Waals surface area contributed by atoms with Crippen LogP contribution in [-0.4, -0.2) is 9.55 Å². The maximum atomic E-state index is 6.14. The fourth-order valence-corrected chi connectivity index (χ4v) is 3.63. The zero-order chi connectivity index (χ0) is 13.6. The van der Waals surface area contributed by atoms with Gasteiger partial charge in [-0.2, -0.15) is 0 Å². The number of rotatable bonds is 1. The van der Waals surface area contributed by atoms with Crippen molar-refractivity contribution in [3.63, 3.8) is 0 Å². The summed E-state index contributed by atoms with van der Waals surface area (Å²) in [6.45, 7) is 4.65. The maximum Gasteiger partial charge on any atom is 0.201 e. The maximum absolute atomic E-state index is 6.14. The number of anilines is 1. The second-order valence-corrected chi connectivity index (χ2v) is 6.37. The molecule has 1 aromatic heterocycles. The SMILES string of the molecule is CC1CCC(n2c(N)nc3ccc(Cl)cc32)C(C)C1. The number of nitrogens with zero attached hydrogens (tertiary/aromatic N) is 2. The van der Waals surface area contributed by atoms with Crippen LogP contribution < -0.4 is 5.73 Å². The molecule has 19 heavy (non-hydrogen) atoms. The van der Waals surface area contributed by atoms with Gasteiger partial charge in [0, 0.05) is 11.1 Å². The molecule has 0 spiro atoms. The van der Waals surface area contributed by atoms with E-state index in [2.05, 4.69) is 23.4 Å². The number of fused-ring (bicyclic) bond motifs is 1. The predicted molar refractivity (Wildman–Crippen MR) is 80.4 cm³/mol. The van der Waals surface area contributed by atoms with E-state index in [4.69, 9.17) is 17.3 Å². The van der Waals surface area contributed by atoms with E-state index in [1.807, 2.05) is 18.2 Å². The van der Waals surface area contributed by atoms with E-state index < -0.39 is 0 Å². The first-order chi connectivity index (χ1) is 9.06. The second-order valence-electron chi connectivity index (χ2n) is 5.94. The molecule has 0 aliphatic heterocycles. The van der Waals surface area contributed by atoms with Crippen molar-refractivity contribution in [1.29, 1.82) is 0 Å². The van der Waals surface area contributed by atoms with E-state index >= 15 is 0 Å². The minimum absolute atomic E-state index is 0.444. The standard InChI is InChI=1S/C15H20ClN3/c1-9-3-6-13(10(2)7-9)19-14-8-11(16)4-5-12(14)18-15(19)17/h4-5,8-10,13H,3,6-7H2,1-2H3,(H2,17,18). The minimum Gasteiger partial charge on any atom is -0.369 e. The van der Waals surface area contributed by atoms with E-state index in [-0.39, 0.29) is 0 Å². The average molecular weight is 278 g/mol. The van der Waals surface area contributed by atoms with Crippen molar-refractivity contribution in [3.05, 3.63) is 23.2 Å². The molecule has 0 amide bonds. The van der Waals surface area contributed by atoms with Crippen molar-refractivity contribution in [3.8, 4) is 0 Å². The summed E-state index contributed by atoms with van der Waals surface area (Å²) in [5, 5.41) is 0.741. The highest BCUT2D eigenvalue weighted by atomic mass is 35.5. The van der Waals surface area contributed by atoms with Gasteiger partial charge < -0.3 is 10.3 Å². The summed E-state index contributed by atoms with van der Waals surface area (Å²) in [6.07, 6.45) is 3.68. The number of halogens is 1. The predicted octanol–water partition coefficient (Wildman–Crippen LogP) is 4.27. The van der Waals surface area contributed by atoms with E-state index in [0.717, 1.165) is 22.0 Å². The molecule has 3 nitrogen and oxygen atoms in total. The first-order valence-electron chi connectivity index (χ1n) is 6.99. The Balaban J connectivity index is 2.09. The van der Waals surface area contributed by atoms with Crippen LogP contribution in [0.15, 0.2) is 18.2 Å². The Morgan fingerprint density at radius 2 is 2.11 bits per heavy atom. The molecule has 1 aliphatic rings. The van der Waals surface area contributed by atoms with Gasteiger partial charge in [0.1, 0.15) is 0 Å². The molecule has 0 saturated heterocycles. The van der Waals surface area contributed by atoms with Crippen molar-refractivity contribution >= 4 is 28.6 Å². The summed E-state index contributed by atoms with van der Waals surface area (Å²) in [6, 6.07) is 6.23. The summed E-state index contributed by atoms with van der Waals surface area (Å²) in [5.41, 5.74) is 8.14. The van der Waals surface area contributed by atoms with Crippen LogP contribution >= 0.6 is 11.6 Å². The fourth-order valence-electron chi connectivity index (χ4n) is 3.47. The molecule has 2 aromatic rings. The second kappa shape index (κ2) is 4.71. The van der Waals surface area contributed by atoms with Crippen molar-refractivity contribution in [1.82, 2.24) is 9.55 Å². The largest absolute Gasteiger partial charge is 0.369 e. The molecule has 1 aliphatic carbocycles. The van der Waals surface area contributed by atoms with Crippen LogP contribution in [0.2, 0.25) is 5.02 Å². The Kier molecular flexibility index (Phi) is 3.17. The molecule has 3 unspecified atom stereocenters. The molecule has 1 saturated carbocycles. The Bertz CT molecular complexity index is 605. The van der Waals surface area contributed by atoms with Crippen LogP contribution in [0.3, 0.4) is 0 Å². The van der Waals surface area contributed by atoms with Gasteiger partial charge in [-0.15, -0.1) is 0 Å². The summed E-state index contributed by atoms with van der Waals surface area (Å²) < 4.78 is 2.19. The van der Waals surface area contributed by atoms with Gasteiger partial charge in [0.05, 0.1) is 11.0 Å². The van der Waals surface area contributed by atoms with E-state index in [0.29, 0.717) is 17.9 Å². The minimum atomic E-state index is 0.444. The van der Waals surface area contributed by atoms with Gasteiger partial charge in [-0.05, 0) is 49.3 Å². The monoisotopic (exact) mass is 277 g/mol. The van der Waals surface area contributed by atoms with Gasteiger partial charge in [0.25, 0.3) is 0 Å². The van der Waals surface area contributed by atoms with Gasteiger partial charge in [-0.3, -0.25) is 0 Å². The lowest BCUT2D eigenvalue weighted by atomic mass is 9.79. The highest BCUT2D eigenvalue weighted by Crippen LogP contribution is 2.39. The lowest BCUT2D eigenvalue weighted by molar-refractivity contribution is 0.213.